The maximum atomic E-state index is 13.3. The molecule has 0 amide bonds. The molecule has 1 aromatic rings. The van der Waals surface area contributed by atoms with Crippen LogP contribution in [-0.4, -0.2) is 25.2 Å². The van der Waals surface area contributed by atoms with Crippen LogP contribution in [-0.2, 0) is 4.74 Å². The standard InChI is InChI=1S/C10H15FN2O/c1-3-13-10(7-14-2)8-4-5-12-6-9(8)11/h4-6,10,13H,3,7H2,1-2H3. The van der Waals surface area contributed by atoms with Gasteiger partial charge in [0.15, 0.2) is 0 Å². The van der Waals surface area contributed by atoms with E-state index >= 15 is 0 Å². The second-order valence-corrected chi connectivity index (χ2v) is 2.96. The number of halogens is 1. The number of nitrogens with zero attached hydrogens (tertiary/aromatic N) is 1. The minimum Gasteiger partial charge on any atom is -0.383 e. The summed E-state index contributed by atoms with van der Waals surface area (Å²) in [4.78, 5) is 3.70. The van der Waals surface area contributed by atoms with E-state index in [0.29, 0.717) is 12.2 Å². The van der Waals surface area contributed by atoms with Crippen molar-refractivity contribution in [1.82, 2.24) is 10.3 Å². The first-order chi connectivity index (χ1) is 6.79. The summed E-state index contributed by atoms with van der Waals surface area (Å²) < 4.78 is 18.3. The zero-order chi connectivity index (χ0) is 10.4. The van der Waals surface area contributed by atoms with Crippen molar-refractivity contribution in [2.45, 2.75) is 13.0 Å². The molecule has 0 fully saturated rings. The Morgan fingerprint density at radius 3 is 3.00 bits per heavy atom. The van der Waals surface area contributed by atoms with Gasteiger partial charge in [-0.15, -0.1) is 0 Å². The molecule has 0 aliphatic rings. The number of hydrogen-bond acceptors (Lipinski definition) is 3. The van der Waals surface area contributed by atoms with Gasteiger partial charge in [-0.3, -0.25) is 4.98 Å². The predicted molar refractivity (Wildman–Crippen MR) is 52.5 cm³/mol. The van der Waals surface area contributed by atoms with Crippen molar-refractivity contribution in [2.75, 3.05) is 20.3 Å². The average Bonchev–Trinajstić information content (AvgIpc) is 2.18. The molecule has 0 aliphatic carbocycles. The molecule has 0 saturated carbocycles. The molecule has 1 heterocycles. The van der Waals surface area contributed by atoms with Crippen LogP contribution in [0.1, 0.15) is 18.5 Å². The summed E-state index contributed by atoms with van der Waals surface area (Å²) >= 11 is 0. The topological polar surface area (TPSA) is 34.1 Å². The van der Waals surface area contributed by atoms with Gasteiger partial charge >= 0.3 is 0 Å². The first-order valence-corrected chi connectivity index (χ1v) is 4.61. The van der Waals surface area contributed by atoms with E-state index in [0.717, 1.165) is 6.54 Å². The molecule has 0 bridgehead atoms. The Hall–Kier alpha value is -1.00. The zero-order valence-corrected chi connectivity index (χ0v) is 8.46. The van der Waals surface area contributed by atoms with Crippen LogP contribution in [0.2, 0.25) is 0 Å². The minimum absolute atomic E-state index is 0.104. The Labute approximate surface area is 83.3 Å². The molecule has 1 N–H and O–H groups in total. The van der Waals surface area contributed by atoms with Crippen molar-refractivity contribution in [3.05, 3.63) is 29.8 Å². The second-order valence-electron chi connectivity index (χ2n) is 2.96. The summed E-state index contributed by atoms with van der Waals surface area (Å²) in [6.45, 7) is 3.20. The van der Waals surface area contributed by atoms with Crippen molar-refractivity contribution < 1.29 is 9.13 Å². The smallest absolute Gasteiger partial charge is 0.146 e. The van der Waals surface area contributed by atoms with Gasteiger partial charge in [-0.05, 0) is 12.6 Å². The Balaban J connectivity index is 2.81. The van der Waals surface area contributed by atoms with Gasteiger partial charge in [0.25, 0.3) is 0 Å². The lowest BCUT2D eigenvalue weighted by atomic mass is 10.1. The number of rotatable bonds is 5. The van der Waals surface area contributed by atoms with Crippen molar-refractivity contribution in [2.24, 2.45) is 0 Å². The Morgan fingerprint density at radius 2 is 2.43 bits per heavy atom. The number of methoxy groups -OCH3 is 1. The molecule has 1 unspecified atom stereocenters. The molecule has 78 valence electrons. The van der Waals surface area contributed by atoms with Crippen LogP contribution in [0, 0.1) is 5.82 Å². The van der Waals surface area contributed by atoms with Gasteiger partial charge in [-0.25, -0.2) is 4.39 Å². The summed E-state index contributed by atoms with van der Waals surface area (Å²) in [5.74, 6) is -0.296. The molecule has 0 aromatic carbocycles. The molecule has 14 heavy (non-hydrogen) atoms. The fourth-order valence-corrected chi connectivity index (χ4v) is 1.34. The number of aromatic nitrogens is 1. The molecule has 4 heteroatoms. The number of nitrogens with one attached hydrogen (secondary N) is 1. The maximum Gasteiger partial charge on any atom is 0.146 e. The van der Waals surface area contributed by atoms with Crippen LogP contribution < -0.4 is 5.32 Å². The van der Waals surface area contributed by atoms with Gasteiger partial charge in [0.1, 0.15) is 5.82 Å². The lowest BCUT2D eigenvalue weighted by molar-refractivity contribution is 0.166. The highest BCUT2D eigenvalue weighted by Gasteiger charge is 2.13. The summed E-state index contributed by atoms with van der Waals surface area (Å²) in [7, 11) is 1.60. The van der Waals surface area contributed by atoms with Crippen LogP contribution in [0.15, 0.2) is 18.5 Å². The van der Waals surface area contributed by atoms with Gasteiger partial charge in [0.05, 0.1) is 18.8 Å². The summed E-state index contributed by atoms with van der Waals surface area (Å²) in [5, 5.41) is 3.15. The molecular weight excluding hydrogens is 183 g/mol. The molecule has 0 aliphatic heterocycles. The van der Waals surface area contributed by atoms with E-state index in [4.69, 9.17) is 4.74 Å². The van der Waals surface area contributed by atoms with Gasteiger partial charge in [-0.2, -0.15) is 0 Å². The quantitative estimate of drug-likeness (QED) is 0.778. The van der Waals surface area contributed by atoms with Crippen molar-refractivity contribution >= 4 is 0 Å². The normalized spacial score (nSPS) is 12.8. The van der Waals surface area contributed by atoms with Crippen molar-refractivity contribution in [3.63, 3.8) is 0 Å². The Morgan fingerprint density at radius 1 is 1.64 bits per heavy atom. The third-order valence-electron chi connectivity index (χ3n) is 1.96. The Bertz CT molecular complexity index is 275. The van der Waals surface area contributed by atoms with Gasteiger partial charge in [-0.1, -0.05) is 6.92 Å². The molecule has 0 spiro atoms. The maximum absolute atomic E-state index is 13.3. The minimum atomic E-state index is -0.296. The third-order valence-corrected chi connectivity index (χ3v) is 1.96. The van der Waals surface area contributed by atoms with E-state index in [9.17, 15) is 4.39 Å². The highest BCUT2D eigenvalue weighted by atomic mass is 19.1. The van der Waals surface area contributed by atoms with Crippen molar-refractivity contribution in [1.29, 1.82) is 0 Å². The SMILES string of the molecule is CCNC(COC)c1ccncc1F. The summed E-state index contributed by atoms with van der Waals surface area (Å²) in [6.07, 6.45) is 2.80. The van der Waals surface area contributed by atoms with Crippen LogP contribution in [0.5, 0.6) is 0 Å². The van der Waals surface area contributed by atoms with Crippen LogP contribution in [0.4, 0.5) is 4.39 Å². The van der Waals surface area contributed by atoms with Gasteiger partial charge in [0.2, 0.25) is 0 Å². The number of pyridine rings is 1. The molecule has 1 aromatic heterocycles. The third kappa shape index (κ3) is 2.75. The van der Waals surface area contributed by atoms with E-state index < -0.39 is 0 Å². The monoisotopic (exact) mass is 198 g/mol. The number of ether oxygens (including phenoxy) is 1. The zero-order valence-electron chi connectivity index (χ0n) is 8.46. The van der Waals surface area contributed by atoms with Gasteiger partial charge in [0, 0.05) is 18.9 Å². The summed E-state index contributed by atoms with van der Waals surface area (Å²) in [5.41, 5.74) is 0.601. The van der Waals surface area contributed by atoms with Crippen LogP contribution in [0.25, 0.3) is 0 Å². The summed E-state index contributed by atoms with van der Waals surface area (Å²) in [6, 6.07) is 1.56. The van der Waals surface area contributed by atoms with E-state index in [1.54, 1.807) is 19.4 Å². The first-order valence-electron chi connectivity index (χ1n) is 4.61. The van der Waals surface area contributed by atoms with E-state index in [-0.39, 0.29) is 11.9 Å². The van der Waals surface area contributed by atoms with E-state index in [2.05, 4.69) is 10.3 Å². The first kappa shape index (κ1) is 11.1. The van der Waals surface area contributed by atoms with E-state index in [1.807, 2.05) is 6.92 Å². The molecule has 0 radical (unpaired) electrons. The molecule has 1 atom stereocenters. The van der Waals surface area contributed by atoms with Crippen LogP contribution in [0.3, 0.4) is 0 Å². The number of likely N-dealkylation sites (N-methyl/N-ethyl adjacent to an activating group) is 1. The van der Waals surface area contributed by atoms with Crippen LogP contribution >= 0.6 is 0 Å². The van der Waals surface area contributed by atoms with E-state index in [1.165, 1.54) is 6.20 Å². The average molecular weight is 198 g/mol. The molecule has 0 saturated heterocycles. The molecule has 1 rings (SSSR count). The molecule has 3 nitrogen and oxygen atoms in total. The number of hydrogen-bond donors (Lipinski definition) is 1. The van der Waals surface area contributed by atoms with Crippen molar-refractivity contribution in [3.8, 4) is 0 Å². The highest BCUT2D eigenvalue weighted by molar-refractivity contribution is 5.17. The Kier molecular flexibility index (Phi) is 4.49. The lowest BCUT2D eigenvalue weighted by Crippen LogP contribution is -2.25. The fraction of sp³-hybridized carbons (Fsp3) is 0.500. The lowest BCUT2D eigenvalue weighted by Gasteiger charge is -2.17. The fourth-order valence-electron chi connectivity index (χ4n) is 1.34. The molecular formula is C10H15FN2O. The highest BCUT2D eigenvalue weighted by Crippen LogP contribution is 2.15. The van der Waals surface area contributed by atoms with Gasteiger partial charge < -0.3 is 10.1 Å². The second kappa shape index (κ2) is 5.67. The predicted octanol–water partition coefficient (Wildman–Crippen LogP) is 1.52. The largest absolute Gasteiger partial charge is 0.383 e.